The Morgan fingerprint density at radius 1 is 1.21 bits per heavy atom. The number of carbonyl (C=O) groups excluding carboxylic acids is 1. The zero-order chi connectivity index (χ0) is 11.2. The molecule has 1 atom stereocenters. The van der Waals surface area contributed by atoms with Crippen LogP contribution in [0.25, 0.3) is 0 Å². The Labute approximate surface area is 89.4 Å². The first-order chi connectivity index (χ1) is 6.56. The average molecular weight is 242 g/mol. The molecule has 0 heterocycles. The van der Waals surface area contributed by atoms with Crippen LogP contribution in [0, 0.1) is 0 Å². The SMILES string of the molecule is CC[CH](OC(C)=O)[Ti]([O]C)([O]C)[O]C. The standard InChI is InChI=1S/C5H9O2.3CH3O.Ti/c1-3-4-7-5(2)6;3*1-2;/h4H,3H2,1-2H3;3*1H3;/q;3*-1;+3. The number of hydrogen-bond acceptors (Lipinski definition) is 5. The molecule has 0 aliphatic carbocycles. The van der Waals surface area contributed by atoms with Crippen molar-refractivity contribution >= 4 is 5.97 Å². The van der Waals surface area contributed by atoms with Gasteiger partial charge in [0, 0.05) is 0 Å². The second-order valence-corrected chi connectivity index (χ2v) is 7.53. The summed E-state index contributed by atoms with van der Waals surface area (Å²) in [5, 5.41) is 0. The first-order valence-corrected chi connectivity index (χ1v) is 7.20. The predicted octanol–water partition coefficient (Wildman–Crippen LogP) is 1.12. The van der Waals surface area contributed by atoms with E-state index in [2.05, 4.69) is 0 Å². The first-order valence-electron chi connectivity index (χ1n) is 4.39. The Balaban J connectivity index is 4.64. The van der Waals surface area contributed by atoms with Crippen molar-refractivity contribution < 1.29 is 37.2 Å². The van der Waals surface area contributed by atoms with Gasteiger partial charge >= 0.3 is 89.2 Å². The number of ether oxygens (including phenoxy) is 1. The molecule has 0 radical (unpaired) electrons. The molecule has 0 rings (SSSR count). The summed E-state index contributed by atoms with van der Waals surface area (Å²) in [6.45, 7) is 3.25. The van der Waals surface area contributed by atoms with Gasteiger partial charge in [0.15, 0.2) is 0 Å². The van der Waals surface area contributed by atoms with Crippen molar-refractivity contribution in [1.29, 1.82) is 0 Å². The molecule has 5 nitrogen and oxygen atoms in total. The third kappa shape index (κ3) is 3.33. The quantitative estimate of drug-likeness (QED) is 0.516. The van der Waals surface area contributed by atoms with Gasteiger partial charge < -0.3 is 0 Å². The van der Waals surface area contributed by atoms with Crippen LogP contribution in [0.3, 0.4) is 0 Å². The normalized spacial score (nSPS) is 13.8. The Bertz CT molecular complexity index is 172. The summed E-state index contributed by atoms with van der Waals surface area (Å²) in [5.41, 5.74) is 0. The first kappa shape index (κ1) is 14.1. The Morgan fingerprint density at radius 3 is 1.86 bits per heavy atom. The minimum absolute atomic E-state index is 0.349. The average Bonchev–Trinajstić information content (AvgIpc) is 2.19. The summed E-state index contributed by atoms with van der Waals surface area (Å²) in [7, 11) is 4.54. The molecule has 0 N–H and O–H groups in total. The fraction of sp³-hybridized carbons (Fsp3) is 0.875. The van der Waals surface area contributed by atoms with Gasteiger partial charge in [-0.1, -0.05) is 0 Å². The van der Waals surface area contributed by atoms with Crippen LogP contribution in [0.4, 0.5) is 0 Å². The molecule has 0 spiro atoms. The van der Waals surface area contributed by atoms with Crippen LogP contribution in [0.5, 0.6) is 0 Å². The van der Waals surface area contributed by atoms with E-state index < -0.39 is 22.2 Å². The summed E-state index contributed by atoms with van der Waals surface area (Å²) in [5.74, 6) is -0.349. The van der Waals surface area contributed by atoms with Gasteiger partial charge in [-0.05, 0) is 0 Å². The third-order valence-electron chi connectivity index (χ3n) is 1.93. The minimum atomic E-state index is -3.39. The molecule has 14 heavy (non-hydrogen) atoms. The Hall–Kier alpha value is 0.0643. The maximum absolute atomic E-state index is 10.8. The van der Waals surface area contributed by atoms with Crippen LogP contribution in [-0.2, 0) is 37.2 Å². The molecule has 0 amide bonds. The molecule has 0 fully saturated rings. The second-order valence-electron chi connectivity index (χ2n) is 2.72. The fourth-order valence-corrected chi connectivity index (χ4v) is 4.53. The van der Waals surface area contributed by atoms with Gasteiger partial charge in [-0.15, -0.1) is 0 Å². The number of esters is 1. The van der Waals surface area contributed by atoms with Crippen molar-refractivity contribution in [1.82, 2.24) is 0 Å². The van der Waals surface area contributed by atoms with E-state index in [1.165, 1.54) is 28.3 Å². The Kier molecular flexibility index (Phi) is 6.56. The van der Waals surface area contributed by atoms with Crippen LogP contribution < -0.4 is 0 Å². The van der Waals surface area contributed by atoms with Crippen LogP contribution in [-0.4, -0.2) is 31.7 Å². The molecule has 84 valence electrons. The van der Waals surface area contributed by atoms with Gasteiger partial charge in [-0.25, -0.2) is 0 Å². The maximum atomic E-state index is 10.8. The van der Waals surface area contributed by atoms with E-state index in [4.69, 9.17) is 14.7 Å². The van der Waals surface area contributed by atoms with E-state index in [1.54, 1.807) is 0 Å². The van der Waals surface area contributed by atoms with Crippen molar-refractivity contribution in [3.63, 3.8) is 0 Å². The third-order valence-corrected chi connectivity index (χ3v) is 6.65. The molecule has 0 aromatic carbocycles. The summed E-state index contributed by atoms with van der Waals surface area (Å²) < 4.78 is 20.5. The molecular weight excluding hydrogens is 224 g/mol. The molecule has 0 saturated heterocycles. The number of hydrogen-bond donors (Lipinski definition) is 0. The van der Waals surface area contributed by atoms with Crippen molar-refractivity contribution in [2.24, 2.45) is 0 Å². The molecule has 0 aromatic rings. The van der Waals surface area contributed by atoms with E-state index >= 15 is 0 Å². The predicted molar refractivity (Wildman–Crippen MR) is 46.9 cm³/mol. The van der Waals surface area contributed by atoms with Gasteiger partial charge in [0.25, 0.3) is 0 Å². The van der Waals surface area contributed by atoms with Crippen molar-refractivity contribution in [2.45, 2.75) is 24.7 Å². The van der Waals surface area contributed by atoms with Crippen molar-refractivity contribution in [3.8, 4) is 0 Å². The summed E-state index contributed by atoms with van der Waals surface area (Å²) >= 11 is -3.39. The van der Waals surface area contributed by atoms with Crippen molar-refractivity contribution in [2.75, 3.05) is 21.3 Å². The van der Waals surface area contributed by atoms with E-state index in [9.17, 15) is 4.79 Å². The van der Waals surface area contributed by atoms with E-state index in [-0.39, 0.29) is 5.97 Å². The second kappa shape index (κ2) is 6.53. The molecule has 0 aromatic heterocycles. The van der Waals surface area contributed by atoms with Crippen LogP contribution in [0.15, 0.2) is 0 Å². The van der Waals surface area contributed by atoms with E-state index in [1.807, 2.05) is 6.92 Å². The van der Waals surface area contributed by atoms with Crippen LogP contribution in [0.2, 0.25) is 0 Å². The zero-order valence-electron chi connectivity index (χ0n) is 9.33. The Morgan fingerprint density at radius 2 is 1.64 bits per heavy atom. The van der Waals surface area contributed by atoms with E-state index in [0.717, 1.165) is 0 Å². The van der Waals surface area contributed by atoms with Gasteiger partial charge in [0.2, 0.25) is 0 Å². The summed E-state index contributed by atoms with van der Waals surface area (Å²) in [6.07, 6.45) is 0.620. The summed E-state index contributed by atoms with van der Waals surface area (Å²) in [6, 6.07) is 0. The molecule has 6 heteroatoms. The van der Waals surface area contributed by atoms with Gasteiger partial charge in [-0.3, -0.25) is 0 Å². The van der Waals surface area contributed by atoms with E-state index in [0.29, 0.717) is 6.42 Å². The molecule has 0 bridgehead atoms. The van der Waals surface area contributed by atoms with Gasteiger partial charge in [0.1, 0.15) is 0 Å². The topological polar surface area (TPSA) is 54.0 Å². The van der Waals surface area contributed by atoms with Crippen LogP contribution in [0.1, 0.15) is 20.3 Å². The molecule has 0 aliphatic rings. The molecule has 1 unspecified atom stereocenters. The number of rotatable bonds is 6. The summed E-state index contributed by atoms with van der Waals surface area (Å²) in [4.78, 5) is 10.8. The molecule has 0 aliphatic heterocycles. The van der Waals surface area contributed by atoms with Crippen LogP contribution >= 0.6 is 0 Å². The van der Waals surface area contributed by atoms with Gasteiger partial charge in [-0.2, -0.15) is 0 Å². The number of carbonyl (C=O) groups is 1. The monoisotopic (exact) mass is 242 g/mol. The zero-order valence-corrected chi connectivity index (χ0v) is 10.9. The van der Waals surface area contributed by atoms with Crippen molar-refractivity contribution in [3.05, 3.63) is 0 Å². The molecule has 0 saturated carbocycles. The molecular formula is C8H18O5Ti. The van der Waals surface area contributed by atoms with Gasteiger partial charge in [0.05, 0.1) is 0 Å². The fourth-order valence-electron chi connectivity index (χ4n) is 1.25.